The SMILES string of the molecule is Cc1ccc(C2=N[C@@H](C)c3nnc(C)n3-c3sc(C)c(C)c32)cn1. The van der Waals surface area contributed by atoms with E-state index in [1.54, 1.807) is 11.3 Å². The van der Waals surface area contributed by atoms with Gasteiger partial charge >= 0.3 is 0 Å². The fraction of sp³-hybridized carbons (Fsp3) is 0.333. The molecule has 122 valence electrons. The molecule has 4 rings (SSSR count). The molecule has 1 atom stereocenters. The van der Waals surface area contributed by atoms with Crippen molar-refractivity contribution in [3.8, 4) is 5.00 Å². The van der Waals surface area contributed by atoms with Gasteiger partial charge in [0, 0.05) is 27.9 Å². The standard InChI is InChI=1S/C18H19N5S/c1-9-6-7-14(8-19-9)16-15-10(2)12(4)24-18(15)23-13(5)21-22-17(23)11(3)20-16/h6-8,11H,1-5H3/t11-/m0/s1. The Labute approximate surface area is 145 Å². The van der Waals surface area contributed by atoms with E-state index in [1.165, 1.54) is 16.0 Å². The Hall–Kier alpha value is -2.34. The first-order valence-corrected chi connectivity index (χ1v) is 8.82. The van der Waals surface area contributed by atoms with Crippen LogP contribution in [0, 0.1) is 27.7 Å². The number of nitrogens with zero attached hydrogens (tertiary/aromatic N) is 5. The molecule has 1 aliphatic heterocycles. The Bertz CT molecular complexity index is 962. The number of thiophene rings is 1. The molecule has 24 heavy (non-hydrogen) atoms. The van der Waals surface area contributed by atoms with Crippen LogP contribution in [0.5, 0.6) is 0 Å². The van der Waals surface area contributed by atoms with Crippen molar-refractivity contribution in [1.82, 2.24) is 19.7 Å². The van der Waals surface area contributed by atoms with Crippen molar-refractivity contribution in [2.24, 2.45) is 4.99 Å². The molecule has 0 unspecified atom stereocenters. The molecule has 5 nitrogen and oxygen atoms in total. The molecular formula is C18H19N5S. The Balaban J connectivity index is 2.04. The molecule has 0 radical (unpaired) electrons. The summed E-state index contributed by atoms with van der Waals surface area (Å²) >= 11 is 1.78. The third kappa shape index (κ3) is 2.13. The molecule has 0 saturated heterocycles. The predicted octanol–water partition coefficient (Wildman–Crippen LogP) is 3.87. The van der Waals surface area contributed by atoms with Gasteiger partial charge in [0.2, 0.25) is 0 Å². The van der Waals surface area contributed by atoms with Crippen LogP contribution >= 0.6 is 11.3 Å². The fourth-order valence-corrected chi connectivity index (χ4v) is 4.30. The summed E-state index contributed by atoms with van der Waals surface area (Å²) in [6.45, 7) is 10.4. The summed E-state index contributed by atoms with van der Waals surface area (Å²) in [6.07, 6.45) is 1.91. The number of aromatic nitrogens is 4. The van der Waals surface area contributed by atoms with Crippen molar-refractivity contribution in [2.45, 2.75) is 40.7 Å². The Morgan fingerprint density at radius 1 is 1.08 bits per heavy atom. The first-order chi connectivity index (χ1) is 11.5. The molecule has 0 spiro atoms. The van der Waals surface area contributed by atoms with E-state index in [1.807, 2.05) is 26.1 Å². The van der Waals surface area contributed by atoms with Gasteiger partial charge in [-0.15, -0.1) is 21.5 Å². The van der Waals surface area contributed by atoms with Gasteiger partial charge < -0.3 is 0 Å². The van der Waals surface area contributed by atoms with E-state index in [0.29, 0.717) is 0 Å². The van der Waals surface area contributed by atoms with Crippen molar-refractivity contribution in [1.29, 1.82) is 0 Å². The van der Waals surface area contributed by atoms with Crippen molar-refractivity contribution in [3.05, 3.63) is 57.2 Å². The third-order valence-corrected chi connectivity index (χ3v) is 5.73. The van der Waals surface area contributed by atoms with Gasteiger partial charge in [0.25, 0.3) is 0 Å². The highest BCUT2D eigenvalue weighted by Gasteiger charge is 2.29. The van der Waals surface area contributed by atoms with Crippen molar-refractivity contribution in [3.63, 3.8) is 0 Å². The molecule has 1 aliphatic rings. The van der Waals surface area contributed by atoms with E-state index in [0.717, 1.165) is 33.6 Å². The van der Waals surface area contributed by atoms with Gasteiger partial charge in [0.15, 0.2) is 5.82 Å². The first-order valence-electron chi connectivity index (χ1n) is 8.01. The van der Waals surface area contributed by atoms with Crippen LogP contribution in [0.3, 0.4) is 0 Å². The molecule has 0 N–H and O–H groups in total. The average Bonchev–Trinajstić information content (AvgIpc) is 3.03. The van der Waals surface area contributed by atoms with Gasteiger partial charge in [-0.1, -0.05) is 0 Å². The predicted molar refractivity (Wildman–Crippen MR) is 96.5 cm³/mol. The molecule has 3 aromatic heterocycles. The van der Waals surface area contributed by atoms with Gasteiger partial charge in [-0.3, -0.25) is 14.5 Å². The van der Waals surface area contributed by atoms with E-state index in [4.69, 9.17) is 4.99 Å². The van der Waals surface area contributed by atoms with Crippen LogP contribution < -0.4 is 0 Å². The van der Waals surface area contributed by atoms with Gasteiger partial charge in [0.1, 0.15) is 16.9 Å². The fourth-order valence-electron chi connectivity index (χ4n) is 3.09. The zero-order valence-electron chi connectivity index (χ0n) is 14.5. The molecule has 0 amide bonds. The lowest BCUT2D eigenvalue weighted by molar-refractivity contribution is 0.724. The van der Waals surface area contributed by atoms with Crippen molar-refractivity contribution in [2.75, 3.05) is 0 Å². The van der Waals surface area contributed by atoms with Crippen LogP contribution in [0.25, 0.3) is 5.00 Å². The summed E-state index contributed by atoms with van der Waals surface area (Å²) < 4.78 is 2.16. The zero-order valence-corrected chi connectivity index (χ0v) is 15.3. The van der Waals surface area contributed by atoms with Gasteiger partial charge in [-0.2, -0.15) is 0 Å². The molecule has 0 fully saturated rings. The molecule has 4 heterocycles. The average molecular weight is 337 g/mol. The highest BCUT2D eigenvalue weighted by Crippen LogP contribution is 2.38. The number of pyridine rings is 1. The Morgan fingerprint density at radius 3 is 2.58 bits per heavy atom. The lowest BCUT2D eigenvalue weighted by Gasteiger charge is -2.09. The van der Waals surface area contributed by atoms with Crippen molar-refractivity contribution >= 4 is 17.0 Å². The maximum absolute atomic E-state index is 5.01. The van der Waals surface area contributed by atoms with E-state index < -0.39 is 0 Å². The second-order valence-electron chi connectivity index (χ2n) is 6.25. The number of hydrogen-bond donors (Lipinski definition) is 0. The minimum absolute atomic E-state index is 0.0539. The topological polar surface area (TPSA) is 56.0 Å². The Morgan fingerprint density at radius 2 is 1.88 bits per heavy atom. The molecule has 0 bridgehead atoms. The maximum atomic E-state index is 5.01. The largest absolute Gasteiger partial charge is 0.273 e. The molecule has 3 aromatic rings. The van der Waals surface area contributed by atoms with Crippen molar-refractivity contribution < 1.29 is 0 Å². The smallest absolute Gasteiger partial charge is 0.162 e. The second-order valence-corrected chi connectivity index (χ2v) is 7.45. The summed E-state index contributed by atoms with van der Waals surface area (Å²) in [7, 11) is 0. The summed E-state index contributed by atoms with van der Waals surface area (Å²) in [6, 6.07) is 4.08. The quantitative estimate of drug-likeness (QED) is 0.677. The highest BCUT2D eigenvalue weighted by atomic mass is 32.1. The zero-order chi connectivity index (χ0) is 17.0. The van der Waals surface area contributed by atoms with Gasteiger partial charge in [-0.25, -0.2) is 0 Å². The molecular weight excluding hydrogens is 318 g/mol. The third-order valence-electron chi connectivity index (χ3n) is 4.54. The molecule has 0 saturated carbocycles. The lowest BCUT2D eigenvalue weighted by atomic mass is 10.0. The molecule has 0 aromatic carbocycles. The number of fused-ring (bicyclic) bond motifs is 3. The molecule has 6 heteroatoms. The van der Waals surface area contributed by atoms with E-state index in [9.17, 15) is 0 Å². The Kier molecular flexibility index (Phi) is 3.38. The monoisotopic (exact) mass is 337 g/mol. The number of hydrogen-bond acceptors (Lipinski definition) is 5. The minimum atomic E-state index is -0.0539. The molecule has 0 aliphatic carbocycles. The summed E-state index contributed by atoms with van der Waals surface area (Å²) in [4.78, 5) is 10.8. The van der Waals surface area contributed by atoms with Crippen LogP contribution in [0.2, 0.25) is 0 Å². The first kappa shape index (κ1) is 15.2. The van der Waals surface area contributed by atoms with Crippen LogP contribution in [0.1, 0.15) is 51.9 Å². The van der Waals surface area contributed by atoms with Crippen LogP contribution in [0.15, 0.2) is 23.3 Å². The van der Waals surface area contributed by atoms with Crippen LogP contribution in [-0.4, -0.2) is 25.5 Å². The minimum Gasteiger partial charge on any atom is -0.273 e. The number of rotatable bonds is 1. The van der Waals surface area contributed by atoms with E-state index >= 15 is 0 Å². The lowest BCUT2D eigenvalue weighted by Crippen LogP contribution is -2.07. The van der Waals surface area contributed by atoms with Gasteiger partial charge in [-0.05, 0) is 52.3 Å². The number of aryl methyl sites for hydroxylation is 3. The van der Waals surface area contributed by atoms with Crippen LogP contribution in [-0.2, 0) is 0 Å². The summed E-state index contributed by atoms with van der Waals surface area (Å²) in [5.41, 5.74) is 5.49. The summed E-state index contributed by atoms with van der Waals surface area (Å²) in [5, 5.41) is 9.81. The van der Waals surface area contributed by atoms with E-state index in [2.05, 4.69) is 46.6 Å². The summed E-state index contributed by atoms with van der Waals surface area (Å²) in [5.74, 6) is 1.79. The number of aliphatic imine (C=N–C) groups is 1. The highest BCUT2D eigenvalue weighted by molar-refractivity contribution is 7.15. The van der Waals surface area contributed by atoms with E-state index in [-0.39, 0.29) is 6.04 Å². The van der Waals surface area contributed by atoms with Gasteiger partial charge in [0.05, 0.1) is 5.71 Å². The normalized spacial score (nSPS) is 16.4. The maximum Gasteiger partial charge on any atom is 0.162 e. The van der Waals surface area contributed by atoms with Crippen LogP contribution in [0.4, 0.5) is 0 Å². The second kappa shape index (κ2) is 5.34.